The SMILES string of the molecule is Cc1noc(C)c1CN1CCC2(CC1)CC(c1noc(C(C)C)n1)N(C)C2. The van der Waals surface area contributed by atoms with Gasteiger partial charge in [0.25, 0.3) is 0 Å². The molecule has 1 unspecified atom stereocenters. The van der Waals surface area contributed by atoms with Gasteiger partial charge in [0.2, 0.25) is 5.89 Å². The number of aromatic nitrogens is 3. The Bertz CT molecular complexity index is 769. The first-order chi connectivity index (χ1) is 12.9. The van der Waals surface area contributed by atoms with Gasteiger partial charge in [-0.2, -0.15) is 4.98 Å². The van der Waals surface area contributed by atoms with Gasteiger partial charge in [0.1, 0.15) is 5.76 Å². The van der Waals surface area contributed by atoms with Crippen molar-refractivity contribution >= 4 is 0 Å². The first kappa shape index (κ1) is 18.6. The van der Waals surface area contributed by atoms with Gasteiger partial charge in [0, 0.05) is 24.6 Å². The van der Waals surface area contributed by atoms with E-state index in [9.17, 15) is 0 Å². The van der Waals surface area contributed by atoms with E-state index < -0.39 is 0 Å². The lowest BCUT2D eigenvalue weighted by Gasteiger charge is -2.39. The Morgan fingerprint density at radius 1 is 1.15 bits per heavy atom. The van der Waals surface area contributed by atoms with Crippen LogP contribution in [-0.2, 0) is 6.54 Å². The van der Waals surface area contributed by atoms with Crippen LogP contribution in [0.2, 0.25) is 0 Å². The number of hydrogen-bond acceptors (Lipinski definition) is 7. The highest BCUT2D eigenvalue weighted by atomic mass is 16.5. The van der Waals surface area contributed by atoms with Crippen molar-refractivity contribution in [1.82, 2.24) is 25.1 Å². The molecule has 0 amide bonds. The van der Waals surface area contributed by atoms with Crippen LogP contribution in [-0.4, -0.2) is 51.8 Å². The topological polar surface area (TPSA) is 71.4 Å². The van der Waals surface area contributed by atoms with Gasteiger partial charge in [-0.05, 0) is 58.7 Å². The third-order valence-corrected chi connectivity index (χ3v) is 6.47. The first-order valence-electron chi connectivity index (χ1n) is 10.0. The van der Waals surface area contributed by atoms with Gasteiger partial charge in [-0.25, -0.2) is 0 Å². The number of likely N-dealkylation sites (tertiary alicyclic amines) is 2. The Morgan fingerprint density at radius 3 is 2.48 bits per heavy atom. The van der Waals surface area contributed by atoms with Crippen LogP contribution in [0, 0.1) is 19.3 Å². The molecule has 4 heterocycles. The molecule has 2 aromatic heterocycles. The fourth-order valence-corrected chi connectivity index (χ4v) is 4.67. The Hall–Kier alpha value is -1.73. The Balaban J connectivity index is 1.39. The van der Waals surface area contributed by atoms with Gasteiger partial charge in [-0.15, -0.1) is 0 Å². The number of piperidine rings is 1. The molecule has 1 atom stereocenters. The molecule has 0 N–H and O–H groups in total. The second-order valence-electron chi connectivity index (χ2n) is 8.86. The largest absolute Gasteiger partial charge is 0.361 e. The lowest BCUT2D eigenvalue weighted by atomic mass is 9.76. The minimum absolute atomic E-state index is 0.273. The highest BCUT2D eigenvalue weighted by Crippen LogP contribution is 2.48. The molecule has 2 saturated heterocycles. The smallest absolute Gasteiger partial charge is 0.229 e. The van der Waals surface area contributed by atoms with Crippen molar-refractivity contribution in [2.24, 2.45) is 5.41 Å². The van der Waals surface area contributed by atoms with E-state index in [1.54, 1.807) is 0 Å². The highest BCUT2D eigenvalue weighted by molar-refractivity contribution is 5.20. The molecule has 7 nitrogen and oxygen atoms in total. The van der Waals surface area contributed by atoms with Crippen molar-refractivity contribution in [3.8, 4) is 0 Å². The third-order valence-electron chi connectivity index (χ3n) is 6.47. The second kappa shape index (κ2) is 7.02. The molecule has 2 aliphatic rings. The Morgan fingerprint density at radius 2 is 1.89 bits per heavy atom. The average molecular weight is 374 g/mol. The van der Waals surface area contributed by atoms with Crippen LogP contribution in [0.3, 0.4) is 0 Å². The van der Waals surface area contributed by atoms with Crippen LogP contribution in [0.25, 0.3) is 0 Å². The molecule has 27 heavy (non-hydrogen) atoms. The van der Waals surface area contributed by atoms with E-state index in [0.717, 1.165) is 55.8 Å². The van der Waals surface area contributed by atoms with Crippen LogP contribution >= 0.6 is 0 Å². The van der Waals surface area contributed by atoms with E-state index in [2.05, 4.69) is 46.0 Å². The van der Waals surface area contributed by atoms with Crippen molar-refractivity contribution in [2.75, 3.05) is 26.7 Å². The average Bonchev–Trinajstić information content (AvgIpc) is 3.31. The van der Waals surface area contributed by atoms with Crippen molar-refractivity contribution in [3.63, 3.8) is 0 Å². The molecule has 1 spiro atoms. The van der Waals surface area contributed by atoms with Gasteiger partial charge >= 0.3 is 0 Å². The van der Waals surface area contributed by atoms with E-state index in [0.29, 0.717) is 5.41 Å². The number of nitrogens with zero attached hydrogens (tertiary/aromatic N) is 5. The summed E-state index contributed by atoms with van der Waals surface area (Å²) in [7, 11) is 2.20. The first-order valence-corrected chi connectivity index (χ1v) is 10.0. The zero-order chi connectivity index (χ0) is 19.2. The zero-order valence-corrected chi connectivity index (χ0v) is 17.2. The molecule has 0 bridgehead atoms. The minimum Gasteiger partial charge on any atom is -0.361 e. The summed E-state index contributed by atoms with van der Waals surface area (Å²) in [6, 6.07) is 0.273. The molecule has 2 aliphatic heterocycles. The molecule has 2 fully saturated rings. The molecule has 148 valence electrons. The summed E-state index contributed by atoms with van der Waals surface area (Å²) in [5.41, 5.74) is 2.64. The number of hydrogen-bond donors (Lipinski definition) is 0. The Kier molecular flexibility index (Phi) is 4.84. The lowest BCUT2D eigenvalue weighted by molar-refractivity contribution is 0.105. The van der Waals surface area contributed by atoms with E-state index in [1.807, 2.05) is 13.8 Å². The summed E-state index contributed by atoms with van der Waals surface area (Å²) in [6.07, 6.45) is 3.55. The second-order valence-corrected chi connectivity index (χ2v) is 8.86. The molecular weight excluding hydrogens is 342 g/mol. The van der Waals surface area contributed by atoms with Crippen LogP contribution < -0.4 is 0 Å². The van der Waals surface area contributed by atoms with Crippen LogP contribution in [0.5, 0.6) is 0 Å². The fraction of sp³-hybridized carbons (Fsp3) is 0.750. The summed E-state index contributed by atoms with van der Waals surface area (Å²) < 4.78 is 10.8. The quantitative estimate of drug-likeness (QED) is 0.813. The van der Waals surface area contributed by atoms with E-state index >= 15 is 0 Å². The van der Waals surface area contributed by atoms with Gasteiger partial charge in [-0.3, -0.25) is 9.80 Å². The van der Waals surface area contributed by atoms with Crippen LogP contribution in [0.1, 0.15) is 73.8 Å². The summed E-state index contributed by atoms with van der Waals surface area (Å²) in [6.45, 7) is 12.5. The summed E-state index contributed by atoms with van der Waals surface area (Å²) >= 11 is 0. The maximum atomic E-state index is 5.45. The van der Waals surface area contributed by atoms with Gasteiger partial charge < -0.3 is 9.05 Å². The van der Waals surface area contributed by atoms with Crippen molar-refractivity contribution in [3.05, 3.63) is 28.7 Å². The summed E-state index contributed by atoms with van der Waals surface area (Å²) in [5.74, 6) is 2.83. The lowest BCUT2D eigenvalue weighted by Crippen LogP contribution is -2.41. The van der Waals surface area contributed by atoms with Gasteiger partial charge in [0.05, 0.1) is 11.7 Å². The van der Waals surface area contributed by atoms with Crippen molar-refractivity contribution in [2.45, 2.75) is 65.5 Å². The molecule has 0 aliphatic carbocycles. The van der Waals surface area contributed by atoms with Crippen molar-refractivity contribution < 1.29 is 9.05 Å². The van der Waals surface area contributed by atoms with E-state index in [-0.39, 0.29) is 12.0 Å². The fourth-order valence-electron chi connectivity index (χ4n) is 4.67. The van der Waals surface area contributed by atoms with Crippen LogP contribution in [0.4, 0.5) is 0 Å². The molecule has 0 aromatic carbocycles. The normalized spacial score (nSPS) is 23.7. The van der Waals surface area contributed by atoms with E-state index in [4.69, 9.17) is 9.05 Å². The predicted octanol–water partition coefficient (Wildman–Crippen LogP) is 3.46. The highest BCUT2D eigenvalue weighted by Gasteiger charge is 2.46. The summed E-state index contributed by atoms with van der Waals surface area (Å²) in [5, 5.41) is 8.37. The zero-order valence-electron chi connectivity index (χ0n) is 17.2. The minimum atomic E-state index is 0.273. The molecule has 4 rings (SSSR count). The molecule has 0 radical (unpaired) electrons. The van der Waals surface area contributed by atoms with Crippen molar-refractivity contribution in [1.29, 1.82) is 0 Å². The molecule has 7 heteroatoms. The van der Waals surface area contributed by atoms with Gasteiger partial charge in [-0.1, -0.05) is 24.2 Å². The Labute approximate surface area is 161 Å². The standard InChI is InChI=1S/C20H31N5O2/c1-13(2)19-21-18(23-27-19)17-10-20(12-24(17)5)6-8-25(9-7-20)11-16-14(3)22-26-15(16)4/h13,17H,6-12H2,1-5H3. The summed E-state index contributed by atoms with van der Waals surface area (Å²) in [4.78, 5) is 9.61. The van der Waals surface area contributed by atoms with E-state index in [1.165, 1.54) is 18.4 Å². The molecule has 0 saturated carbocycles. The van der Waals surface area contributed by atoms with Crippen LogP contribution in [0.15, 0.2) is 9.05 Å². The number of aryl methyl sites for hydroxylation is 2. The molecule has 2 aromatic rings. The maximum absolute atomic E-state index is 5.45. The monoisotopic (exact) mass is 373 g/mol. The van der Waals surface area contributed by atoms with Gasteiger partial charge in [0.15, 0.2) is 5.82 Å². The maximum Gasteiger partial charge on any atom is 0.229 e. The number of rotatable bonds is 4. The predicted molar refractivity (Wildman–Crippen MR) is 101 cm³/mol. The molecular formula is C20H31N5O2. The third kappa shape index (κ3) is 3.55.